The molecule has 0 atom stereocenters. The Hall–Kier alpha value is -2.60. The van der Waals surface area contributed by atoms with Crippen LogP contribution in [0.1, 0.15) is 16.1 Å². The van der Waals surface area contributed by atoms with Gasteiger partial charge in [0, 0.05) is 12.4 Å². The summed E-state index contributed by atoms with van der Waals surface area (Å²) in [5.41, 5.74) is 1.80. The third-order valence-corrected chi connectivity index (χ3v) is 3.94. The quantitative estimate of drug-likeness (QED) is 0.803. The van der Waals surface area contributed by atoms with Gasteiger partial charge in [-0.3, -0.25) is 0 Å². The molecule has 3 aromatic rings. The van der Waals surface area contributed by atoms with Crippen molar-refractivity contribution in [1.29, 1.82) is 0 Å². The molecular weight excluding hydrogens is 286 g/mol. The fourth-order valence-electron chi connectivity index (χ4n) is 1.85. The van der Waals surface area contributed by atoms with Crippen molar-refractivity contribution in [3.63, 3.8) is 0 Å². The van der Waals surface area contributed by atoms with Crippen LogP contribution in [-0.2, 0) is 0 Å². The summed E-state index contributed by atoms with van der Waals surface area (Å²) in [5.74, 6) is -0.612. The van der Waals surface area contributed by atoms with Crippen molar-refractivity contribution >= 4 is 17.3 Å². The van der Waals surface area contributed by atoms with E-state index in [1.54, 1.807) is 12.4 Å². The fourth-order valence-corrected chi connectivity index (χ4v) is 2.86. The van der Waals surface area contributed by atoms with Gasteiger partial charge >= 0.3 is 5.97 Å². The molecule has 0 aliphatic heterocycles. The predicted molar refractivity (Wildman–Crippen MR) is 80.3 cm³/mol. The van der Waals surface area contributed by atoms with Gasteiger partial charge in [0.1, 0.15) is 0 Å². The molecule has 2 heterocycles. The fraction of sp³-hybridized carbons (Fsp3) is 0.0667. The number of hydrogen-bond donors (Lipinski definition) is 1. The summed E-state index contributed by atoms with van der Waals surface area (Å²) >= 11 is 1.28. The maximum absolute atomic E-state index is 11.4. The van der Waals surface area contributed by atoms with E-state index in [0.29, 0.717) is 15.7 Å². The number of carboxylic acid groups (broad SMARTS) is 1. The minimum absolute atomic E-state index is 0.0328. The molecule has 6 heteroatoms. The molecule has 104 valence electrons. The normalized spacial score (nSPS) is 10.5. The van der Waals surface area contributed by atoms with E-state index in [4.69, 9.17) is 0 Å². The molecule has 21 heavy (non-hydrogen) atoms. The molecule has 0 aliphatic carbocycles. The molecule has 0 aliphatic rings. The number of nitrogens with zero attached hydrogens (tertiary/aromatic N) is 3. The monoisotopic (exact) mass is 297 g/mol. The van der Waals surface area contributed by atoms with Crippen LogP contribution in [0.5, 0.6) is 0 Å². The average Bonchev–Trinajstić information content (AvgIpc) is 2.94. The first-order chi connectivity index (χ1) is 10.1. The van der Waals surface area contributed by atoms with Crippen LogP contribution in [0, 0.1) is 6.92 Å². The summed E-state index contributed by atoms with van der Waals surface area (Å²) in [4.78, 5) is 24.6. The lowest BCUT2D eigenvalue weighted by Crippen LogP contribution is -1.99. The molecule has 0 fully saturated rings. The molecule has 2 aromatic heterocycles. The minimum atomic E-state index is -1.05. The topological polar surface area (TPSA) is 76.0 Å². The Morgan fingerprint density at radius 2 is 1.81 bits per heavy atom. The van der Waals surface area contributed by atoms with E-state index in [0.717, 1.165) is 11.1 Å². The number of benzene rings is 1. The zero-order valence-corrected chi connectivity index (χ0v) is 12.0. The maximum Gasteiger partial charge on any atom is 0.356 e. The van der Waals surface area contributed by atoms with Crippen LogP contribution < -0.4 is 0 Å². The van der Waals surface area contributed by atoms with Crippen LogP contribution in [-0.4, -0.2) is 26.0 Å². The van der Waals surface area contributed by atoms with Gasteiger partial charge in [-0.2, -0.15) is 0 Å². The van der Waals surface area contributed by atoms with E-state index >= 15 is 0 Å². The van der Waals surface area contributed by atoms with Crippen LogP contribution in [0.25, 0.3) is 21.3 Å². The summed E-state index contributed by atoms with van der Waals surface area (Å²) in [5, 5.41) is 9.84. The zero-order valence-electron chi connectivity index (χ0n) is 11.1. The SMILES string of the molecule is Cc1cnc(-c2nc(C(=O)O)c(-c3ccccc3)s2)nc1. The largest absolute Gasteiger partial charge is 0.476 e. The highest BCUT2D eigenvalue weighted by Crippen LogP contribution is 2.34. The lowest BCUT2D eigenvalue weighted by molar-refractivity contribution is 0.0692. The van der Waals surface area contributed by atoms with Crippen molar-refractivity contribution in [3.8, 4) is 21.3 Å². The van der Waals surface area contributed by atoms with Gasteiger partial charge in [0.15, 0.2) is 16.5 Å². The summed E-state index contributed by atoms with van der Waals surface area (Å²) in [6.45, 7) is 1.89. The lowest BCUT2D eigenvalue weighted by Gasteiger charge is -1.97. The molecular formula is C15H11N3O2S. The summed E-state index contributed by atoms with van der Waals surface area (Å²) in [6.07, 6.45) is 3.37. The molecule has 0 saturated heterocycles. The number of aryl methyl sites for hydroxylation is 1. The van der Waals surface area contributed by atoms with Crippen molar-refractivity contribution < 1.29 is 9.90 Å². The standard InChI is InChI=1S/C15H11N3O2S/c1-9-7-16-13(17-8-9)14-18-11(15(19)20)12(21-14)10-5-3-2-4-6-10/h2-8H,1H3,(H,19,20). The molecule has 5 nitrogen and oxygen atoms in total. The third-order valence-electron chi connectivity index (χ3n) is 2.84. The number of aromatic carboxylic acids is 1. The second-order valence-corrected chi connectivity index (χ2v) is 5.45. The van der Waals surface area contributed by atoms with Crippen molar-refractivity contribution in [2.24, 2.45) is 0 Å². The Balaban J connectivity index is 2.13. The van der Waals surface area contributed by atoms with Crippen molar-refractivity contribution in [2.75, 3.05) is 0 Å². The van der Waals surface area contributed by atoms with Crippen LogP contribution in [0.3, 0.4) is 0 Å². The van der Waals surface area contributed by atoms with E-state index < -0.39 is 5.97 Å². The second-order valence-electron chi connectivity index (χ2n) is 4.45. The Kier molecular flexibility index (Phi) is 3.45. The van der Waals surface area contributed by atoms with E-state index in [-0.39, 0.29) is 5.69 Å². The van der Waals surface area contributed by atoms with Crippen LogP contribution in [0.2, 0.25) is 0 Å². The van der Waals surface area contributed by atoms with Gasteiger partial charge in [-0.05, 0) is 18.1 Å². The second kappa shape index (κ2) is 5.41. The first-order valence-corrected chi connectivity index (χ1v) is 7.05. The van der Waals surface area contributed by atoms with Crippen molar-refractivity contribution in [3.05, 3.63) is 54.0 Å². The predicted octanol–water partition coefficient (Wildman–Crippen LogP) is 3.27. The van der Waals surface area contributed by atoms with Gasteiger partial charge in [-0.1, -0.05) is 30.3 Å². The van der Waals surface area contributed by atoms with Crippen LogP contribution in [0.4, 0.5) is 0 Å². The molecule has 0 amide bonds. The molecule has 0 unspecified atom stereocenters. The maximum atomic E-state index is 11.4. The van der Waals surface area contributed by atoms with Gasteiger partial charge in [0.05, 0.1) is 4.88 Å². The van der Waals surface area contributed by atoms with Gasteiger partial charge in [0.25, 0.3) is 0 Å². The number of hydrogen-bond acceptors (Lipinski definition) is 5. The smallest absolute Gasteiger partial charge is 0.356 e. The highest BCUT2D eigenvalue weighted by molar-refractivity contribution is 7.18. The minimum Gasteiger partial charge on any atom is -0.476 e. The zero-order chi connectivity index (χ0) is 14.8. The molecule has 0 saturated carbocycles. The Bertz CT molecular complexity index is 782. The van der Waals surface area contributed by atoms with Crippen molar-refractivity contribution in [1.82, 2.24) is 15.0 Å². The number of thiazole rings is 1. The number of aromatic nitrogens is 3. The molecule has 1 aromatic carbocycles. The Labute approximate surface area is 125 Å². The van der Waals surface area contributed by atoms with Gasteiger partial charge in [-0.15, -0.1) is 11.3 Å². The highest BCUT2D eigenvalue weighted by atomic mass is 32.1. The summed E-state index contributed by atoms with van der Waals surface area (Å²) in [6, 6.07) is 9.33. The van der Waals surface area contributed by atoms with E-state index in [2.05, 4.69) is 15.0 Å². The number of rotatable bonds is 3. The van der Waals surface area contributed by atoms with Gasteiger partial charge < -0.3 is 5.11 Å². The van der Waals surface area contributed by atoms with E-state index in [9.17, 15) is 9.90 Å². The first-order valence-electron chi connectivity index (χ1n) is 6.23. The number of carboxylic acids is 1. The van der Waals surface area contributed by atoms with E-state index in [1.165, 1.54) is 11.3 Å². The first kappa shape index (κ1) is 13.4. The van der Waals surface area contributed by atoms with Crippen molar-refractivity contribution in [2.45, 2.75) is 6.92 Å². The molecule has 0 bridgehead atoms. The van der Waals surface area contributed by atoms with Gasteiger partial charge in [-0.25, -0.2) is 19.7 Å². The number of carbonyl (C=O) groups is 1. The summed E-state index contributed by atoms with van der Waals surface area (Å²) < 4.78 is 0. The Morgan fingerprint density at radius 1 is 1.14 bits per heavy atom. The summed E-state index contributed by atoms with van der Waals surface area (Å²) in [7, 11) is 0. The highest BCUT2D eigenvalue weighted by Gasteiger charge is 2.20. The third kappa shape index (κ3) is 2.66. The molecule has 3 rings (SSSR count). The molecule has 0 spiro atoms. The van der Waals surface area contributed by atoms with Gasteiger partial charge in [0.2, 0.25) is 0 Å². The van der Waals surface area contributed by atoms with E-state index in [1.807, 2.05) is 37.3 Å². The molecule has 1 N–H and O–H groups in total. The van der Waals surface area contributed by atoms with Crippen LogP contribution >= 0.6 is 11.3 Å². The van der Waals surface area contributed by atoms with Crippen LogP contribution in [0.15, 0.2) is 42.7 Å². The average molecular weight is 297 g/mol. The lowest BCUT2D eigenvalue weighted by atomic mass is 10.1. The molecule has 0 radical (unpaired) electrons. The Morgan fingerprint density at radius 3 is 2.43 bits per heavy atom.